The average molecular weight is 277 g/mol. The highest BCUT2D eigenvalue weighted by molar-refractivity contribution is 6.05. The van der Waals surface area contributed by atoms with E-state index in [1.807, 2.05) is 12.1 Å². The second-order valence-corrected chi connectivity index (χ2v) is 6.72. The summed E-state index contributed by atoms with van der Waals surface area (Å²) in [7, 11) is 0. The molecule has 3 aromatic rings. The van der Waals surface area contributed by atoms with Crippen molar-refractivity contribution in [3.05, 3.63) is 48.0 Å². The molecule has 3 unspecified atom stereocenters. The topological polar surface area (TPSA) is 39.2 Å². The molecule has 2 saturated carbocycles. The maximum atomic E-state index is 6.56. The van der Waals surface area contributed by atoms with Crippen molar-refractivity contribution in [3.8, 4) is 0 Å². The molecule has 2 nitrogen and oxygen atoms in total. The van der Waals surface area contributed by atoms with E-state index in [4.69, 9.17) is 10.2 Å². The summed E-state index contributed by atoms with van der Waals surface area (Å²) in [6, 6.07) is 14.9. The minimum atomic E-state index is 0.193. The summed E-state index contributed by atoms with van der Waals surface area (Å²) >= 11 is 0. The zero-order chi connectivity index (χ0) is 14.0. The third-order valence-corrected chi connectivity index (χ3v) is 5.67. The van der Waals surface area contributed by atoms with Gasteiger partial charge >= 0.3 is 0 Å². The molecule has 0 aliphatic heterocycles. The fourth-order valence-corrected chi connectivity index (χ4v) is 4.58. The molecule has 3 atom stereocenters. The molecule has 0 saturated heterocycles. The minimum absolute atomic E-state index is 0.193. The molecule has 5 rings (SSSR count). The lowest BCUT2D eigenvalue weighted by atomic mass is 9.96. The molecule has 0 bridgehead atoms. The smallest absolute Gasteiger partial charge is 0.135 e. The van der Waals surface area contributed by atoms with Gasteiger partial charge in [0.05, 0.1) is 0 Å². The van der Waals surface area contributed by atoms with Gasteiger partial charge in [-0.2, -0.15) is 0 Å². The highest BCUT2D eigenvalue weighted by Gasteiger charge is 2.55. The molecular formula is C19H19NO. The molecule has 2 heteroatoms. The molecule has 2 fully saturated rings. The first-order valence-electron chi connectivity index (χ1n) is 8.00. The molecule has 1 heterocycles. The molecule has 2 aliphatic rings. The van der Waals surface area contributed by atoms with Crippen LogP contribution < -0.4 is 5.73 Å². The maximum absolute atomic E-state index is 6.56. The number of nitrogens with two attached hydrogens (primary N) is 1. The van der Waals surface area contributed by atoms with Crippen LogP contribution in [0.2, 0.25) is 0 Å². The third kappa shape index (κ3) is 1.63. The van der Waals surface area contributed by atoms with E-state index in [2.05, 4.69) is 30.3 Å². The lowest BCUT2D eigenvalue weighted by Gasteiger charge is -2.14. The number of furan rings is 1. The van der Waals surface area contributed by atoms with Crippen LogP contribution in [0.4, 0.5) is 0 Å². The Balaban J connectivity index is 1.59. The Bertz CT molecular complexity index is 824. The van der Waals surface area contributed by atoms with Gasteiger partial charge < -0.3 is 10.2 Å². The van der Waals surface area contributed by atoms with Gasteiger partial charge in [0.1, 0.15) is 11.2 Å². The number of para-hydroxylation sites is 1. The summed E-state index contributed by atoms with van der Waals surface area (Å²) in [6.07, 6.45) is 4.18. The number of fused-ring (bicyclic) bond motifs is 4. The van der Waals surface area contributed by atoms with Crippen LogP contribution in [0.25, 0.3) is 21.9 Å². The second kappa shape index (κ2) is 4.11. The Morgan fingerprint density at radius 3 is 2.57 bits per heavy atom. The summed E-state index contributed by atoms with van der Waals surface area (Å²) in [5.41, 5.74) is 9.76. The molecule has 106 valence electrons. The fourth-order valence-electron chi connectivity index (χ4n) is 4.58. The summed E-state index contributed by atoms with van der Waals surface area (Å²) in [4.78, 5) is 0. The van der Waals surface area contributed by atoms with E-state index in [-0.39, 0.29) is 6.04 Å². The van der Waals surface area contributed by atoms with Crippen LogP contribution in [0.3, 0.4) is 0 Å². The Morgan fingerprint density at radius 1 is 0.952 bits per heavy atom. The van der Waals surface area contributed by atoms with Crippen LogP contribution in [0, 0.1) is 17.8 Å². The van der Waals surface area contributed by atoms with Crippen LogP contribution in [0.15, 0.2) is 46.9 Å². The van der Waals surface area contributed by atoms with Crippen molar-refractivity contribution >= 4 is 21.9 Å². The van der Waals surface area contributed by atoms with Crippen LogP contribution in [-0.4, -0.2) is 0 Å². The van der Waals surface area contributed by atoms with E-state index in [1.165, 1.54) is 35.6 Å². The second-order valence-electron chi connectivity index (χ2n) is 6.72. The molecule has 21 heavy (non-hydrogen) atoms. The number of rotatable bonds is 2. The first-order chi connectivity index (χ1) is 10.3. The maximum Gasteiger partial charge on any atom is 0.135 e. The quantitative estimate of drug-likeness (QED) is 0.741. The van der Waals surface area contributed by atoms with Crippen molar-refractivity contribution in [2.24, 2.45) is 23.5 Å². The monoisotopic (exact) mass is 277 g/mol. The van der Waals surface area contributed by atoms with Crippen LogP contribution in [0.1, 0.15) is 30.9 Å². The van der Waals surface area contributed by atoms with Gasteiger partial charge in [0.25, 0.3) is 0 Å². The van der Waals surface area contributed by atoms with E-state index in [0.29, 0.717) is 0 Å². The molecule has 2 N–H and O–H groups in total. The SMILES string of the molecule is NC(c1ccc2oc3ccccc3c2c1)C1C2CCCC21. The van der Waals surface area contributed by atoms with Gasteiger partial charge in [-0.05, 0) is 54.4 Å². The van der Waals surface area contributed by atoms with Crippen molar-refractivity contribution < 1.29 is 4.42 Å². The van der Waals surface area contributed by atoms with Crippen LogP contribution in [0.5, 0.6) is 0 Å². The first kappa shape index (κ1) is 11.8. The molecule has 2 aliphatic carbocycles. The highest BCUT2D eigenvalue weighted by Crippen LogP contribution is 2.61. The molecular weight excluding hydrogens is 258 g/mol. The van der Waals surface area contributed by atoms with Crippen molar-refractivity contribution in [1.29, 1.82) is 0 Å². The molecule has 0 spiro atoms. The van der Waals surface area contributed by atoms with Gasteiger partial charge in [0, 0.05) is 16.8 Å². The largest absolute Gasteiger partial charge is 0.456 e. The van der Waals surface area contributed by atoms with Crippen LogP contribution in [-0.2, 0) is 0 Å². The van der Waals surface area contributed by atoms with Crippen molar-refractivity contribution in [2.45, 2.75) is 25.3 Å². The van der Waals surface area contributed by atoms with Gasteiger partial charge in [-0.3, -0.25) is 0 Å². The van der Waals surface area contributed by atoms with Gasteiger partial charge in [-0.1, -0.05) is 30.7 Å². The van der Waals surface area contributed by atoms with Crippen molar-refractivity contribution in [3.63, 3.8) is 0 Å². The summed E-state index contributed by atoms with van der Waals surface area (Å²) < 4.78 is 5.90. The van der Waals surface area contributed by atoms with E-state index in [1.54, 1.807) is 0 Å². The summed E-state index contributed by atoms with van der Waals surface area (Å²) in [6.45, 7) is 0. The van der Waals surface area contributed by atoms with E-state index in [9.17, 15) is 0 Å². The van der Waals surface area contributed by atoms with Gasteiger partial charge in [-0.15, -0.1) is 0 Å². The number of benzene rings is 2. The Morgan fingerprint density at radius 2 is 1.71 bits per heavy atom. The Labute approximate surface area is 123 Å². The summed E-state index contributed by atoms with van der Waals surface area (Å²) in [5.74, 6) is 2.52. The lowest BCUT2D eigenvalue weighted by Crippen LogP contribution is -2.15. The summed E-state index contributed by atoms with van der Waals surface area (Å²) in [5, 5.41) is 2.39. The van der Waals surface area contributed by atoms with Crippen molar-refractivity contribution in [2.75, 3.05) is 0 Å². The zero-order valence-corrected chi connectivity index (χ0v) is 12.0. The highest BCUT2D eigenvalue weighted by atomic mass is 16.3. The van der Waals surface area contributed by atoms with Gasteiger partial charge in [0.2, 0.25) is 0 Å². The standard InChI is InChI=1S/C19H19NO/c20-19(18-13-5-3-6-14(13)18)11-8-9-17-15(10-11)12-4-1-2-7-16(12)21-17/h1-2,4,7-10,13-14,18-19H,3,5-6,20H2. The Hall–Kier alpha value is -1.80. The normalized spacial score (nSPS) is 28.9. The van der Waals surface area contributed by atoms with Crippen LogP contribution >= 0.6 is 0 Å². The number of hydrogen-bond acceptors (Lipinski definition) is 2. The molecule has 0 radical (unpaired) electrons. The van der Waals surface area contributed by atoms with E-state index in [0.717, 1.165) is 28.9 Å². The van der Waals surface area contributed by atoms with Gasteiger partial charge in [0.15, 0.2) is 0 Å². The fraction of sp³-hybridized carbons (Fsp3) is 0.368. The third-order valence-electron chi connectivity index (χ3n) is 5.67. The predicted molar refractivity (Wildman–Crippen MR) is 85.0 cm³/mol. The first-order valence-corrected chi connectivity index (χ1v) is 8.00. The van der Waals surface area contributed by atoms with Crippen molar-refractivity contribution in [1.82, 2.24) is 0 Å². The molecule has 1 aromatic heterocycles. The molecule has 0 amide bonds. The van der Waals surface area contributed by atoms with E-state index < -0.39 is 0 Å². The van der Waals surface area contributed by atoms with E-state index >= 15 is 0 Å². The lowest BCUT2D eigenvalue weighted by molar-refractivity contribution is 0.502. The predicted octanol–water partition coefficient (Wildman–Crippen LogP) is 4.63. The zero-order valence-electron chi connectivity index (χ0n) is 12.0. The molecule has 2 aromatic carbocycles. The minimum Gasteiger partial charge on any atom is -0.456 e. The number of hydrogen-bond donors (Lipinski definition) is 1. The Kier molecular flexibility index (Phi) is 2.31. The van der Waals surface area contributed by atoms with Gasteiger partial charge in [-0.25, -0.2) is 0 Å². The average Bonchev–Trinajstić information content (AvgIpc) is 2.88.